The molecule has 3 aromatic carbocycles. The van der Waals surface area contributed by atoms with Gasteiger partial charge in [0, 0.05) is 16.4 Å². The number of para-hydroxylation sites is 1. The molecule has 6 heteroatoms. The van der Waals surface area contributed by atoms with Crippen LogP contribution in [0.2, 0.25) is 0 Å². The van der Waals surface area contributed by atoms with Crippen LogP contribution in [0.4, 0.5) is 0 Å². The summed E-state index contributed by atoms with van der Waals surface area (Å²) in [7, 11) is 1.64. The van der Waals surface area contributed by atoms with Gasteiger partial charge in [-0.2, -0.15) is 0 Å². The topological polar surface area (TPSA) is 49.0 Å². The van der Waals surface area contributed by atoms with E-state index < -0.39 is 0 Å². The van der Waals surface area contributed by atoms with Crippen LogP contribution in [0.1, 0.15) is 11.1 Å². The van der Waals surface area contributed by atoms with Gasteiger partial charge in [-0.3, -0.25) is 9.36 Å². The number of rotatable bonds is 5. The van der Waals surface area contributed by atoms with Crippen molar-refractivity contribution in [1.29, 1.82) is 0 Å². The third-order valence-corrected chi connectivity index (χ3v) is 6.03. The van der Waals surface area contributed by atoms with E-state index in [0.717, 1.165) is 37.8 Å². The predicted molar refractivity (Wildman–Crippen MR) is 127 cm³/mol. The molecule has 2 aromatic heterocycles. The molecule has 0 unspecified atom stereocenters. The van der Waals surface area contributed by atoms with Crippen molar-refractivity contribution in [1.82, 2.24) is 14.1 Å². The Labute approximate surface area is 187 Å². The standard InChI is InChI=1S/C25H20BrN3O2/c1-31-20-12-8-17(9-13-20)14-28-16-27-23-21-4-2-3-5-22(21)29(24(23)25(28)30)15-18-6-10-19(26)11-7-18/h2-13,16H,14-15H2,1H3. The quantitative estimate of drug-likeness (QED) is 0.351. The van der Waals surface area contributed by atoms with Crippen LogP contribution in [0.15, 0.2) is 88.4 Å². The summed E-state index contributed by atoms with van der Waals surface area (Å²) in [6, 6.07) is 23.9. The Kier molecular flexibility index (Phi) is 5.08. The first-order valence-corrected chi connectivity index (χ1v) is 10.8. The highest BCUT2D eigenvalue weighted by Crippen LogP contribution is 2.26. The number of nitrogens with zero attached hydrogens (tertiary/aromatic N) is 3. The zero-order valence-corrected chi connectivity index (χ0v) is 18.5. The van der Waals surface area contributed by atoms with Crippen LogP contribution in [0.25, 0.3) is 21.9 Å². The number of halogens is 1. The Morgan fingerprint density at radius 2 is 1.58 bits per heavy atom. The maximum Gasteiger partial charge on any atom is 0.278 e. The average Bonchev–Trinajstić information content (AvgIpc) is 3.12. The highest BCUT2D eigenvalue weighted by Gasteiger charge is 2.16. The van der Waals surface area contributed by atoms with E-state index in [4.69, 9.17) is 4.74 Å². The first-order chi connectivity index (χ1) is 15.1. The third-order valence-electron chi connectivity index (χ3n) is 5.50. The minimum atomic E-state index is -0.0471. The van der Waals surface area contributed by atoms with Gasteiger partial charge < -0.3 is 9.30 Å². The number of hydrogen-bond acceptors (Lipinski definition) is 3. The molecule has 31 heavy (non-hydrogen) atoms. The van der Waals surface area contributed by atoms with Gasteiger partial charge in [-0.05, 0) is 41.5 Å². The van der Waals surface area contributed by atoms with Crippen molar-refractivity contribution in [3.63, 3.8) is 0 Å². The lowest BCUT2D eigenvalue weighted by Gasteiger charge is -2.10. The number of aromatic nitrogens is 3. The average molecular weight is 474 g/mol. The Hall–Kier alpha value is -3.38. The molecule has 154 valence electrons. The molecule has 5 aromatic rings. The molecule has 5 nitrogen and oxygen atoms in total. The molecule has 0 spiro atoms. The van der Waals surface area contributed by atoms with E-state index in [1.165, 1.54) is 0 Å². The largest absolute Gasteiger partial charge is 0.497 e. The lowest BCUT2D eigenvalue weighted by Crippen LogP contribution is -2.23. The fraction of sp³-hybridized carbons (Fsp3) is 0.120. The molecule has 0 bridgehead atoms. The molecule has 0 saturated carbocycles. The molecule has 0 atom stereocenters. The summed E-state index contributed by atoms with van der Waals surface area (Å²) in [5.41, 5.74) is 4.46. The third kappa shape index (κ3) is 3.64. The van der Waals surface area contributed by atoms with Crippen LogP contribution in [-0.4, -0.2) is 21.2 Å². The normalized spacial score (nSPS) is 11.3. The monoisotopic (exact) mass is 473 g/mol. The van der Waals surface area contributed by atoms with Crippen molar-refractivity contribution in [2.75, 3.05) is 7.11 Å². The van der Waals surface area contributed by atoms with Gasteiger partial charge in [-0.25, -0.2) is 4.98 Å². The number of ether oxygens (including phenoxy) is 1. The maximum atomic E-state index is 13.6. The Bertz CT molecular complexity index is 1430. The molecular weight excluding hydrogens is 454 g/mol. The van der Waals surface area contributed by atoms with Gasteiger partial charge in [0.15, 0.2) is 0 Å². The molecule has 0 aliphatic rings. The van der Waals surface area contributed by atoms with Crippen LogP contribution in [0.5, 0.6) is 5.75 Å². The summed E-state index contributed by atoms with van der Waals surface area (Å²) >= 11 is 3.49. The van der Waals surface area contributed by atoms with E-state index in [-0.39, 0.29) is 5.56 Å². The van der Waals surface area contributed by atoms with Crippen molar-refractivity contribution in [2.45, 2.75) is 13.1 Å². The van der Waals surface area contributed by atoms with Gasteiger partial charge in [0.1, 0.15) is 16.8 Å². The first kappa shape index (κ1) is 19.6. The molecule has 5 rings (SSSR count). The van der Waals surface area contributed by atoms with Crippen LogP contribution < -0.4 is 10.3 Å². The van der Waals surface area contributed by atoms with E-state index in [2.05, 4.69) is 37.6 Å². The molecule has 0 aliphatic carbocycles. The van der Waals surface area contributed by atoms with Crippen LogP contribution in [-0.2, 0) is 13.1 Å². The van der Waals surface area contributed by atoms with Gasteiger partial charge in [0.2, 0.25) is 0 Å². The minimum absolute atomic E-state index is 0.0471. The molecule has 2 heterocycles. The van der Waals surface area contributed by atoms with Crippen LogP contribution in [0.3, 0.4) is 0 Å². The van der Waals surface area contributed by atoms with Crippen LogP contribution in [0, 0.1) is 0 Å². The second kappa shape index (κ2) is 8.04. The van der Waals surface area contributed by atoms with Crippen molar-refractivity contribution < 1.29 is 4.74 Å². The van der Waals surface area contributed by atoms with E-state index in [9.17, 15) is 4.79 Å². The van der Waals surface area contributed by atoms with Gasteiger partial charge in [0.25, 0.3) is 5.56 Å². The van der Waals surface area contributed by atoms with Gasteiger partial charge in [-0.15, -0.1) is 0 Å². The summed E-state index contributed by atoms with van der Waals surface area (Å²) < 4.78 is 10.0. The van der Waals surface area contributed by atoms with Gasteiger partial charge in [0.05, 0.1) is 25.5 Å². The highest BCUT2D eigenvalue weighted by atomic mass is 79.9. The molecule has 0 radical (unpaired) electrons. The van der Waals surface area contributed by atoms with Gasteiger partial charge >= 0.3 is 0 Å². The molecule has 0 aliphatic heterocycles. The fourth-order valence-corrected chi connectivity index (χ4v) is 4.19. The minimum Gasteiger partial charge on any atom is -0.497 e. The van der Waals surface area contributed by atoms with Crippen molar-refractivity contribution in [3.8, 4) is 5.75 Å². The Morgan fingerprint density at radius 3 is 2.32 bits per heavy atom. The van der Waals surface area contributed by atoms with Crippen molar-refractivity contribution >= 4 is 37.9 Å². The predicted octanol–water partition coefficient (Wildman–Crippen LogP) is 5.22. The smallest absolute Gasteiger partial charge is 0.278 e. The Balaban J connectivity index is 1.65. The highest BCUT2D eigenvalue weighted by molar-refractivity contribution is 9.10. The summed E-state index contributed by atoms with van der Waals surface area (Å²) in [5.74, 6) is 0.791. The first-order valence-electron chi connectivity index (χ1n) is 9.98. The summed E-state index contributed by atoms with van der Waals surface area (Å²) in [5, 5.41) is 0.989. The van der Waals surface area contributed by atoms with Gasteiger partial charge in [-0.1, -0.05) is 58.4 Å². The summed E-state index contributed by atoms with van der Waals surface area (Å²) in [6.45, 7) is 1.05. The zero-order valence-electron chi connectivity index (χ0n) is 17.0. The molecule has 0 amide bonds. The maximum absolute atomic E-state index is 13.6. The van der Waals surface area contributed by atoms with E-state index in [1.807, 2.05) is 60.7 Å². The molecule has 0 saturated heterocycles. The lowest BCUT2D eigenvalue weighted by atomic mass is 10.2. The lowest BCUT2D eigenvalue weighted by molar-refractivity contribution is 0.414. The van der Waals surface area contributed by atoms with Crippen molar-refractivity contribution in [3.05, 3.63) is 105 Å². The molecule has 0 N–H and O–H groups in total. The van der Waals surface area contributed by atoms with E-state index >= 15 is 0 Å². The number of methoxy groups -OCH3 is 1. The second-order valence-electron chi connectivity index (χ2n) is 7.45. The summed E-state index contributed by atoms with van der Waals surface area (Å²) in [4.78, 5) is 18.2. The SMILES string of the molecule is COc1ccc(Cn2cnc3c4ccccc4n(Cc4ccc(Br)cc4)c3c2=O)cc1. The second-order valence-corrected chi connectivity index (χ2v) is 8.37. The molecular formula is C25H20BrN3O2. The summed E-state index contributed by atoms with van der Waals surface area (Å²) in [6.07, 6.45) is 1.64. The van der Waals surface area contributed by atoms with Crippen LogP contribution >= 0.6 is 15.9 Å². The van der Waals surface area contributed by atoms with Crippen molar-refractivity contribution in [2.24, 2.45) is 0 Å². The fourth-order valence-electron chi connectivity index (χ4n) is 3.93. The number of hydrogen-bond donors (Lipinski definition) is 0. The number of benzene rings is 3. The van der Waals surface area contributed by atoms with E-state index in [1.54, 1.807) is 18.0 Å². The zero-order chi connectivity index (χ0) is 21.4. The Morgan fingerprint density at radius 1 is 0.903 bits per heavy atom. The molecule has 0 fully saturated rings. The van der Waals surface area contributed by atoms with E-state index in [0.29, 0.717) is 18.6 Å². The number of fused-ring (bicyclic) bond motifs is 3.